The zero-order valence-electron chi connectivity index (χ0n) is 23.0. The minimum Gasteiger partial charge on any atom is -0.354 e. The fourth-order valence-electron chi connectivity index (χ4n) is 5.20. The number of nitrogens with one attached hydrogen (secondary N) is 2. The number of rotatable bonds is 6. The van der Waals surface area contributed by atoms with E-state index in [0.717, 1.165) is 48.8 Å². The number of pyridine rings is 1. The van der Waals surface area contributed by atoms with Gasteiger partial charge in [0.1, 0.15) is 5.65 Å². The molecule has 10 nitrogen and oxygen atoms in total. The Morgan fingerprint density at radius 1 is 1.07 bits per heavy atom. The Labute approximate surface area is 238 Å². The maximum absolute atomic E-state index is 13.3. The average molecular weight is 547 g/mol. The van der Waals surface area contributed by atoms with E-state index in [9.17, 15) is 14.9 Å². The van der Waals surface area contributed by atoms with Crippen molar-refractivity contribution in [3.8, 4) is 6.07 Å². The molecule has 206 valence electrons. The van der Waals surface area contributed by atoms with Gasteiger partial charge in [0.15, 0.2) is 0 Å². The standard InChI is InChI=1S/C31H30N8O2/c1-36-13-15-38(16-14-36)20-28(40)37(2)24-6-4-23(5-7-24)34-30(22-9-11-39-12-10-33-27(39)18-22)29-25-8-3-21(19-32)17-26(25)35-31(29)41/h3-12,17-18,34H,13-16,20H2,1-2H3,(H,35,41). The predicted octanol–water partition coefficient (Wildman–Crippen LogP) is 3.35. The number of anilines is 3. The summed E-state index contributed by atoms with van der Waals surface area (Å²) in [6.07, 6.45) is 5.48. The van der Waals surface area contributed by atoms with Gasteiger partial charge >= 0.3 is 0 Å². The Hall–Kier alpha value is -4.98. The molecule has 1 fully saturated rings. The number of hydrogen-bond acceptors (Lipinski definition) is 7. The van der Waals surface area contributed by atoms with Gasteiger partial charge in [-0.2, -0.15) is 5.26 Å². The normalized spacial score (nSPS) is 16.7. The third-order valence-corrected chi connectivity index (χ3v) is 7.68. The highest BCUT2D eigenvalue weighted by Gasteiger charge is 2.29. The molecule has 0 saturated carbocycles. The summed E-state index contributed by atoms with van der Waals surface area (Å²) in [5.74, 6) is -0.214. The molecule has 2 aliphatic heterocycles. The van der Waals surface area contributed by atoms with Gasteiger partial charge in [0.25, 0.3) is 5.91 Å². The molecule has 6 rings (SSSR count). The summed E-state index contributed by atoms with van der Waals surface area (Å²) in [6.45, 7) is 4.08. The molecule has 2 aliphatic rings. The van der Waals surface area contributed by atoms with Crippen molar-refractivity contribution < 1.29 is 9.59 Å². The first kappa shape index (κ1) is 26.3. The van der Waals surface area contributed by atoms with E-state index in [2.05, 4.69) is 38.5 Å². The Morgan fingerprint density at radius 3 is 2.61 bits per heavy atom. The lowest BCUT2D eigenvalue weighted by Crippen LogP contribution is -2.48. The number of aromatic nitrogens is 2. The lowest BCUT2D eigenvalue weighted by molar-refractivity contribution is -0.119. The summed E-state index contributed by atoms with van der Waals surface area (Å²) < 4.78 is 1.90. The van der Waals surface area contributed by atoms with E-state index < -0.39 is 0 Å². The summed E-state index contributed by atoms with van der Waals surface area (Å²) in [4.78, 5) is 36.8. The number of piperazine rings is 1. The molecule has 4 heterocycles. The number of carbonyl (C=O) groups excluding carboxylic acids is 2. The molecule has 2 aromatic carbocycles. The number of nitrogens with zero attached hydrogens (tertiary/aromatic N) is 6. The molecule has 1 saturated heterocycles. The van der Waals surface area contributed by atoms with Gasteiger partial charge < -0.3 is 24.8 Å². The van der Waals surface area contributed by atoms with Gasteiger partial charge in [-0.05, 0) is 55.6 Å². The van der Waals surface area contributed by atoms with Crippen LogP contribution in [0.1, 0.15) is 16.7 Å². The minimum atomic E-state index is -0.258. The van der Waals surface area contributed by atoms with E-state index in [0.29, 0.717) is 34.6 Å². The number of carbonyl (C=O) groups is 2. The number of hydrogen-bond donors (Lipinski definition) is 2. The van der Waals surface area contributed by atoms with Crippen molar-refractivity contribution in [2.75, 3.05) is 62.4 Å². The van der Waals surface area contributed by atoms with E-state index >= 15 is 0 Å². The highest BCUT2D eigenvalue weighted by Crippen LogP contribution is 2.38. The molecule has 41 heavy (non-hydrogen) atoms. The Bertz CT molecular complexity index is 1710. The molecular formula is C31H30N8O2. The van der Waals surface area contributed by atoms with Crippen LogP contribution >= 0.6 is 0 Å². The lowest BCUT2D eigenvalue weighted by atomic mass is 9.99. The molecular weight excluding hydrogens is 516 g/mol. The lowest BCUT2D eigenvalue weighted by Gasteiger charge is -2.32. The van der Waals surface area contributed by atoms with Crippen molar-refractivity contribution >= 4 is 45.8 Å². The maximum atomic E-state index is 13.3. The molecule has 0 spiro atoms. The van der Waals surface area contributed by atoms with Crippen LogP contribution < -0.4 is 15.5 Å². The molecule has 2 aromatic heterocycles. The van der Waals surface area contributed by atoms with Gasteiger partial charge in [-0.15, -0.1) is 0 Å². The van der Waals surface area contributed by atoms with Crippen molar-refractivity contribution in [2.45, 2.75) is 0 Å². The SMILES string of the molecule is CN1CCN(CC(=O)N(C)c2ccc(NC(=C3C(=O)Nc4cc(C#N)ccc43)c3ccn4ccnc4c3)cc2)CC1. The smallest absolute Gasteiger partial charge is 0.258 e. The molecule has 0 aliphatic carbocycles. The van der Waals surface area contributed by atoms with Crippen LogP contribution in [0.15, 0.2) is 73.2 Å². The molecule has 0 atom stereocenters. The van der Waals surface area contributed by atoms with Crippen molar-refractivity contribution in [3.63, 3.8) is 0 Å². The first-order valence-corrected chi connectivity index (χ1v) is 13.5. The molecule has 10 heteroatoms. The number of benzene rings is 2. The third-order valence-electron chi connectivity index (χ3n) is 7.68. The van der Waals surface area contributed by atoms with Crippen LogP contribution in [0, 0.1) is 11.3 Å². The molecule has 0 bridgehead atoms. The monoisotopic (exact) mass is 546 g/mol. The average Bonchev–Trinajstić information content (AvgIpc) is 3.59. The number of imidazole rings is 1. The number of fused-ring (bicyclic) bond motifs is 2. The Balaban J connectivity index is 1.30. The highest BCUT2D eigenvalue weighted by molar-refractivity contribution is 6.37. The van der Waals surface area contributed by atoms with Crippen molar-refractivity contribution in [3.05, 3.63) is 89.9 Å². The van der Waals surface area contributed by atoms with E-state index in [1.165, 1.54) is 0 Å². The van der Waals surface area contributed by atoms with Crippen LogP contribution in [0.3, 0.4) is 0 Å². The van der Waals surface area contributed by atoms with Gasteiger partial charge in [0.2, 0.25) is 5.91 Å². The van der Waals surface area contributed by atoms with Gasteiger partial charge in [-0.25, -0.2) is 4.98 Å². The van der Waals surface area contributed by atoms with Gasteiger partial charge in [-0.1, -0.05) is 6.07 Å². The van der Waals surface area contributed by atoms with Crippen LogP contribution in [0.4, 0.5) is 17.1 Å². The van der Waals surface area contributed by atoms with Gasteiger partial charge in [-0.3, -0.25) is 14.5 Å². The Kier molecular flexibility index (Phi) is 6.97. The molecule has 2 amide bonds. The Morgan fingerprint density at radius 2 is 1.85 bits per heavy atom. The second-order valence-electron chi connectivity index (χ2n) is 10.4. The zero-order chi connectivity index (χ0) is 28.5. The third kappa shape index (κ3) is 5.28. The first-order valence-electron chi connectivity index (χ1n) is 13.5. The van der Waals surface area contributed by atoms with Gasteiger partial charge in [0, 0.05) is 74.3 Å². The largest absolute Gasteiger partial charge is 0.354 e. The van der Waals surface area contributed by atoms with Crippen molar-refractivity contribution in [1.82, 2.24) is 19.2 Å². The summed E-state index contributed by atoms with van der Waals surface area (Å²) >= 11 is 0. The van der Waals surface area contributed by atoms with Crippen molar-refractivity contribution in [2.24, 2.45) is 0 Å². The summed E-state index contributed by atoms with van der Waals surface area (Å²) in [5.41, 5.74) is 5.95. The topological polar surface area (TPSA) is 109 Å². The fourth-order valence-corrected chi connectivity index (χ4v) is 5.20. The number of nitriles is 1. The van der Waals surface area contributed by atoms with Crippen LogP contribution in [-0.4, -0.2) is 77.8 Å². The fraction of sp³-hybridized carbons (Fsp3) is 0.226. The molecule has 0 unspecified atom stereocenters. The van der Waals surface area contributed by atoms with E-state index in [-0.39, 0.29) is 11.8 Å². The van der Waals surface area contributed by atoms with Gasteiger partial charge in [0.05, 0.1) is 35.1 Å². The summed E-state index contributed by atoms with van der Waals surface area (Å²) in [5, 5.41) is 15.7. The number of likely N-dealkylation sites (N-methyl/N-ethyl adjacent to an activating group) is 2. The second-order valence-corrected chi connectivity index (χ2v) is 10.4. The highest BCUT2D eigenvalue weighted by atomic mass is 16.2. The minimum absolute atomic E-state index is 0.0436. The van der Waals surface area contributed by atoms with Crippen LogP contribution in [-0.2, 0) is 9.59 Å². The summed E-state index contributed by atoms with van der Waals surface area (Å²) in [6, 6.07) is 18.7. The predicted molar refractivity (Wildman–Crippen MR) is 159 cm³/mol. The van der Waals surface area contributed by atoms with Crippen LogP contribution in [0.25, 0.3) is 16.9 Å². The quantitative estimate of drug-likeness (QED) is 0.357. The zero-order valence-corrected chi connectivity index (χ0v) is 23.0. The molecule has 0 radical (unpaired) electrons. The van der Waals surface area contributed by atoms with E-state index in [1.54, 1.807) is 36.3 Å². The van der Waals surface area contributed by atoms with E-state index in [1.807, 2.05) is 53.2 Å². The maximum Gasteiger partial charge on any atom is 0.258 e. The van der Waals surface area contributed by atoms with Crippen LogP contribution in [0.2, 0.25) is 0 Å². The van der Waals surface area contributed by atoms with E-state index in [4.69, 9.17) is 0 Å². The number of amides is 2. The second kappa shape index (κ2) is 10.9. The van der Waals surface area contributed by atoms with Crippen molar-refractivity contribution in [1.29, 1.82) is 5.26 Å². The summed E-state index contributed by atoms with van der Waals surface area (Å²) in [7, 11) is 3.89. The van der Waals surface area contributed by atoms with Crippen LogP contribution in [0.5, 0.6) is 0 Å². The first-order chi connectivity index (χ1) is 19.9. The molecule has 2 N–H and O–H groups in total. The molecule has 4 aromatic rings.